The van der Waals surface area contributed by atoms with Crippen LogP contribution in [0.25, 0.3) is 0 Å². The number of phenols is 1. The summed E-state index contributed by atoms with van der Waals surface area (Å²) in [7, 11) is 0. The van der Waals surface area contributed by atoms with Crippen molar-refractivity contribution in [1.82, 2.24) is 0 Å². The van der Waals surface area contributed by atoms with E-state index in [0.717, 1.165) is 6.07 Å². The van der Waals surface area contributed by atoms with Gasteiger partial charge in [0.2, 0.25) is 5.82 Å². The molecule has 6 heteroatoms. The van der Waals surface area contributed by atoms with Crippen molar-refractivity contribution in [2.75, 3.05) is 0 Å². The lowest BCUT2D eigenvalue weighted by Crippen LogP contribution is -2.16. The summed E-state index contributed by atoms with van der Waals surface area (Å²) in [6, 6.07) is 1.44. The zero-order chi connectivity index (χ0) is 11.8. The molecule has 0 saturated heterocycles. The van der Waals surface area contributed by atoms with Crippen molar-refractivity contribution in [3.8, 4) is 5.75 Å². The van der Waals surface area contributed by atoms with E-state index in [-0.39, 0.29) is 5.56 Å². The number of rotatable bonds is 2. The zero-order valence-electron chi connectivity index (χ0n) is 8.19. The fourth-order valence-electron chi connectivity index (χ4n) is 1.18. The quantitative estimate of drug-likeness (QED) is 0.580. The molecule has 0 radical (unpaired) electrons. The first-order valence-electron chi connectivity index (χ1n) is 4.13. The van der Waals surface area contributed by atoms with Gasteiger partial charge in [-0.05, 0) is 13.8 Å². The van der Waals surface area contributed by atoms with E-state index in [0.29, 0.717) is 6.07 Å². The van der Waals surface area contributed by atoms with Gasteiger partial charge in [0.15, 0.2) is 0 Å². The molecule has 15 heavy (non-hydrogen) atoms. The number of aromatic hydroxyl groups is 1. The van der Waals surface area contributed by atoms with Gasteiger partial charge in [0, 0.05) is 17.7 Å². The molecule has 0 aliphatic rings. The summed E-state index contributed by atoms with van der Waals surface area (Å²) < 4.78 is 13.0. The van der Waals surface area contributed by atoms with Crippen LogP contribution in [0.15, 0.2) is 12.1 Å². The third-order valence-electron chi connectivity index (χ3n) is 1.92. The van der Waals surface area contributed by atoms with Gasteiger partial charge in [0.05, 0.1) is 10.5 Å². The SMILES string of the molecule is CC(C)(O)c1cc([N+](=O)[O-])c(F)cc1O. The summed E-state index contributed by atoms with van der Waals surface area (Å²) in [5, 5.41) is 29.3. The van der Waals surface area contributed by atoms with E-state index in [9.17, 15) is 24.7 Å². The first-order chi connectivity index (χ1) is 6.73. The molecule has 5 nitrogen and oxygen atoms in total. The largest absolute Gasteiger partial charge is 0.507 e. The maximum atomic E-state index is 13.0. The highest BCUT2D eigenvalue weighted by Gasteiger charge is 2.26. The van der Waals surface area contributed by atoms with Gasteiger partial charge in [-0.2, -0.15) is 4.39 Å². The van der Waals surface area contributed by atoms with Gasteiger partial charge in [-0.25, -0.2) is 0 Å². The van der Waals surface area contributed by atoms with Crippen molar-refractivity contribution < 1.29 is 19.5 Å². The van der Waals surface area contributed by atoms with Crippen LogP contribution in [-0.4, -0.2) is 15.1 Å². The van der Waals surface area contributed by atoms with Gasteiger partial charge < -0.3 is 10.2 Å². The van der Waals surface area contributed by atoms with Gasteiger partial charge >= 0.3 is 5.69 Å². The maximum Gasteiger partial charge on any atom is 0.305 e. The van der Waals surface area contributed by atoms with Crippen molar-refractivity contribution in [3.63, 3.8) is 0 Å². The number of hydrogen-bond donors (Lipinski definition) is 2. The molecule has 0 bridgehead atoms. The molecule has 1 rings (SSSR count). The predicted octanol–water partition coefficient (Wildman–Crippen LogP) is 1.67. The standard InChI is InChI=1S/C9H10FNO4/c1-9(2,13)5-3-7(11(14)15)6(10)4-8(5)12/h3-4,12-13H,1-2H3. The van der Waals surface area contributed by atoms with Crippen molar-refractivity contribution in [2.24, 2.45) is 0 Å². The number of hydrogen-bond acceptors (Lipinski definition) is 4. The molecular weight excluding hydrogens is 205 g/mol. The Morgan fingerprint density at radius 3 is 2.40 bits per heavy atom. The summed E-state index contributed by atoms with van der Waals surface area (Å²) in [5.74, 6) is -1.64. The van der Waals surface area contributed by atoms with E-state index in [2.05, 4.69) is 0 Å². The molecule has 0 saturated carbocycles. The third kappa shape index (κ3) is 2.21. The number of nitro groups is 1. The topological polar surface area (TPSA) is 83.6 Å². The van der Waals surface area contributed by atoms with Crippen LogP contribution in [0.3, 0.4) is 0 Å². The van der Waals surface area contributed by atoms with Crippen LogP contribution >= 0.6 is 0 Å². The molecule has 0 heterocycles. The Morgan fingerprint density at radius 2 is 2.00 bits per heavy atom. The van der Waals surface area contributed by atoms with Gasteiger partial charge in [0.25, 0.3) is 0 Å². The average molecular weight is 215 g/mol. The van der Waals surface area contributed by atoms with Gasteiger partial charge in [0.1, 0.15) is 5.75 Å². The highest BCUT2D eigenvalue weighted by atomic mass is 19.1. The lowest BCUT2D eigenvalue weighted by molar-refractivity contribution is -0.387. The maximum absolute atomic E-state index is 13.0. The first-order valence-corrected chi connectivity index (χ1v) is 4.13. The summed E-state index contributed by atoms with van der Waals surface area (Å²) in [4.78, 5) is 9.50. The van der Waals surface area contributed by atoms with Crippen molar-refractivity contribution in [2.45, 2.75) is 19.4 Å². The van der Waals surface area contributed by atoms with E-state index in [1.165, 1.54) is 13.8 Å². The van der Waals surface area contributed by atoms with Crippen LogP contribution in [0.2, 0.25) is 0 Å². The first kappa shape index (κ1) is 11.4. The minimum atomic E-state index is -1.47. The number of nitro benzene ring substituents is 1. The molecule has 0 fully saturated rings. The highest BCUT2D eigenvalue weighted by Crippen LogP contribution is 2.33. The molecular formula is C9H10FNO4. The summed E-state index contributed by atoms with van der Waals surface area (Å²) in [6.07, 6.45) is 0. The van der Waals surface area contributed by atoms with Crippen LogP contribution in [0.5, 0.6) is 5.75 Å². The second kappa shape index (κ2) is 3.47. The number of aliphatic hydroxyl groups is 1. The highest BCUT2D eigenvalue weighted by molar-refractivity contribution is 5.46. The smallest absolute Gasteiger partial charge is 0.305 e. The van der Waals surface area contributed by atoms with Gasteiger partial charge in [-0.1, -0.05) is 0 Å². The Labute approximate surface area is 84.9 Å². The summed E-state index contributed by atoms with van der Waals surface area (Å²) in [6.45, 7) is 2.67. The van der Waals surface area contributed by atoms with Crippen LogP contribution in [0.4, 0.5) is 10.1 Å². The summed E-state index contributed by atoms with van der Waals surface area (Å²) in [5.41, 5.74) is -2.33. The van der Waals surface area contributed by atoms with Crippen LogP contribution < -0.4 is 0 Å². The van der Waals surface area contributed by atoms with Crippen LogP contribution in [0.1, 0.15) is 19.4 Å². The molecule has 1 aromatic carbocycles. The zero-order valence-corrected chi connectivity index (χ0v) is 8.19. The Hall–Kier alpha value is -1.69. The Morgan fingerprint density at radius 1 is 1.47 bits per heavy atom. The number of halogens is 1. The molecule has 0 aliphatic heterocycles. The van der Waals surface area contributed by atoms with E-state index < -0.39 is 27.8 Å². The minimum Gasteiger partial charge on any atom is -0.507 e. The number of nitrogens with zero attached hydrogens (tertiary/aromatic N) is 1. The van der Waals surface area contributed by atoms with Crippen molar-refractivity contribution in [1.29, 1.82) is 0 Å². The molecule has 82 valence electrons. The molecule has 0 unspecified atom stereocenters. The normalized spacial score (nSPS) is 11.5. The van der Waals surface area contributed by atoms with E-state index in [1.807, 2.05) is 0 Å². The van der Waals surface area contributed by atoms with E-state index in [4.69, 9.17) is 0 Å². The molecule has 0 aliphatic carbocycles. The van der Waals surface area contributed by atoms with Crippen LogP contribution in [-0.2, 0) is 5.60 Å². The van der Waals surface area contributed by atoms with Crippen LogP contribution in [0, 0.1) is 15.9 Å². The van der Waals surface area contributed by atoms with E-state index >= 15 is 0 Å². The fraction of sp³-hybridized carbons (Fsp3) is 0.333. The van der Waals surface area contributed by atoms with Crippen molar-refractivity contribution >= 4 is 5.69 Å². The Kier molecular flexibility index (Phi) is 2.63. The molecule has 0 atom stereocenters. The lowest BCUT2D eigenvalue weighted by atomic mass is 9.97. The van der Waals surface area contributed by atoms with Gasteiger partial charge in [-0.15, -0.1) is 0 Å². The van der Waals surface area contributed by atoms with E-state index in [1.54, 1.807) is 0 Å². The molecule has 0 amide bonds. The lowest BCUT2D eigenvalue weighted by Gasteiger charge is -2.18. The Balaban J connectivity index is 3.43. The minimum absolute atomic E-state index is 0.0874. The third-order valence-corrected chi connectivity index (χ3v) is 1.92. The molecule has 0 spiro atoms. The fourth-order valence-corrected chi connectivity index (χ4v) is 1.18. The average Bonchev–Trinajstić information content (AvgIpc) is 2.00. The monoisotopic (exact) mass is 215 g/mol. The molecule has 1 aromatic rings. The molecule has 2 N–H and O–H groups in total. The van der Waals surface area contributed by atoms with Gasteiger partial charge in [-0.3, -0.25) is 10.1 Å². The van der Waals surface area contributed by atoms with Crippen molar-refractivity contribution in [3.05, 3.63) is 33.6 Å². The molecule has 0 aromatic heterocycles. The second-order valence-electron chi connectivity index (χ2n) is 3.64. The Bertz CT molecular complexity index is 411. The predicted molar refractivity (Wildman–Crippen MR) is 50.0 cm³/mol. The second-order valence-corrected chi connectivity index (χ2v) is 3.64. The summed E-state index contributed by atoms with van der Waals surface area (Å²) >= 11 is 0. The number of benzene rings is 1. The number of phenolic OH excluding ortho intramolecular Hbond substituents is 1.